The summed E-state index contributed by atoms with van der Waals surface area (Å²) < 4.78 is 0. The van der Waals surface area contributed by atoms with Gasteiger partial charge in [-0.15, -0.1) is 0 Å². The predicted octanol–water partition coefficient (Wildman–Crippen LogP) is 1.68. The van der Waals surface area contributed by atoms with E-state index in [9.17, 15) is 0 Å². The van der Waals surface area contributed by atoms with Crippen molar-refractivity contribution in [1.29, 1.82) is 0 Å². The third-order valence-electron chi connectivity index (χ3n) is 2.35. The average molecular weight is 226 g/mol. The van der Waals surface area contributed by atoms with Gasteiger partial charge in [0.2, 0.25) is 5.95 Å². The van der Waals surface area contributed by atoms with E-state index in [1.807, 2.05) is 30.3 Å². The molecule has 0 aliphatic rings. The van der Waals surface area contributed by atoms with Crippen LogP contribution in [0.25, 0.3) is 11.2 Å². The maximum atomic E-state index is 5.71. The van der Waals surface area contributed by atoms with E-state index in [4.69, 9.17) is 5.73 Å². The Balaban J connectivity index is 1.99. The van der Waals surface area contributed by atoms with Crippen LogP contribution in [0.1, 0.15) is 0 Å². The van der Waals surface area contributed by atoms with Gasteiger partial charge in [-0.3, -0.25) is 0 Å². The lowest BCUT2D eigenvalue weighted by Crippen LogP contribution is -1.92. The Labute approximate surface area is 96.9 Å². The van der Waals surface area contributed by atoms with Crippen molar-refractivity contribution >= 4 is 28.6 Å². The predicted molar refractivity (Wildman–Crippen MR) is 65.8 cm³/mol. The number of rotatable bonds is 2. The van der Waals surface area contributed by atoms with E-state index in [-0.39, 0.29) is 0 Å². The van der Waals surface area contributed by atoms with Crippen LogP contribution >= 0.6 is 0 Å². The molecular formula is C11H10N6. The van der Waals surface area contributed by atoms with Crippen LogP contribution in [0, 0.1) is 0 Å². The number of imidazole rings is 1. The molecule has 3 aromatic rings. The normalized spacial score (nSPS) is 10.6. The number of anilines is 3. The van der Waals surface area contributed by atoms with E-state index in [0.717, 1.165) is 5.69 Å². The maximum Gasteiger partial charge on any atom is 0.207 e. The van der Waals surface area contributed by atoms with Gasteiger partial charge in [0.25, 0.3) is 0 Å². The second-order valence-corrected chi connectivity index (χ2v) is 3.53. The molecule has 0 aliphatic heterocycles. The number of nitrogen functional groups attached to an aromatic ring is 1. The van der Waals surface area contributed by atoms with Crippen LogP contribution in [0.15, 0.2) is 36.7 Å². The molecule has 17 heavy (non-hydrogen) atoms. The molecule has 6 heteroatoms. The van der Waals surface area contributed by atoms with E-state index in [2.05, 4.69) is 25.3 Å². The first-order chi connectivity index (χ1) is 8.33. The van der Waals surface area contributed by atoms with Crippen molar-refractivity contribution in [3.8, 4) is 0 Å². The smallest absolute Gasteiger partial charge is 0.207 e. The van der Waals surface area contributed by atoms with Gasteiger partial charge in [0.05, 0.1) is 0 Å². The van der Waals surface area contributed by atoms with Gasteiger partial charge in [-0.1, -0.05) is 18.2 Å². The number of H-pyrrole nitrogens is 1. The summed E-state index contributed by atoms with van der Waals surface area (Å²) in [6.45, 7) is 0. The molecule has 4 N–H and O–H groups in total. The number of fused-ring (bicyclic) bond motifs is 1. The van der Waals surface area contributed by atoms with Crippen molar-refractivity contribution in [2.75, 3.05) is 11.1 Å². The lowest BCUT2D eigenvalue weighted by molar-refractivity contribution is 1.21. The van der Waals surface area contributed by atoms with Crippen LogP contribution in [0.2, 0.25) is 0 Å². The van der Waals surface area contributed by atoms with Crippen LogP contribution in [-0.4, -0.2) is 19.9 Å². The minimum absolute atomic E-state index is 0.392. The molecule has 0 unspecified atom stereocenters. The highest BCUT2D eigenvalue weighted by atomic mass is 15.2. The zero-order valence-corrected chi connectivity index (χ0v) is 8.88. The van der Waals surface area contributed by atoms with Crippen molar-refractivity contribution in [3.05, 3.63) is 36.7 Å². The van der Waals surface area contributed by atoms with E-state index in [1.165, 1.54) is 6.33 Å². The zero-order chi connectivity index (χ0) is 11.7. The van der Waals surface area contributed by atoms with Gasteiger partial charge >= 0.3 is 0 Å². The fourth-order valence-electron chi connectivity index (χ4n) is 1.56. The molecule has 0 saturated carbocycles. The second kappa shape index (κ2) is 3.75. The summed E-state index contributed by atoms with van der Waals surface area (Å²) in [5.41, 5.74) is 7.85. The number of nitrogens with one attached hydrogen (secondary N) is 2. The Bertz CT molecular complexity index is 645. The second-order valence-electron chi connectivity index (χ2n) is 3.53. The third kappa shape index (κ3) is 1.76. The molecule has 1 aromatic carbocycles. The number of para-hydroxylation sites is 1. The number of nitrogens with zero attached hydrogens (tertiary/aromatic N) is 3. The van der Waals surface area contributed by atoms with Crippen LogP contribution in [0.5, 0.6) is 0 Å². The first kappa shape index (κ1) is 9.59. The molecule has 0 aliphatic carbocycles. The van der Waals surface area contributed by atoms with Crippen molar-refractivity contribution in [2.24, 2.45) is 0 Å². The van der Waals surface area contributed by atoms with Crippen LogP contribution in [-0.2, 0) is 0 Å². The fraction of sp³-hybridized carbons (Fsp3) is 0. The third-order valence-corrected chi connectivity index (χ3v) is 2.35. The first-order valence-corrected chi connectivity index (χ1v) is 5.11. The summed E-state index contributed by atoms with van der Waals surface area (Å²) in [4.78, 5) is 15.2. The number of benzene rings is 1. The number of hydrogen-bond donors (Lipinski definition) is 3. The van der Waals surface area contributed by atoms with Crippen LogP contribution < -0.4 is 11.1 Å². The van der Waals surface area contributed by atoms with Crippen LogP contribution in [0.3, 0.4) is 0 Å². The molecule has 0 bridgehead atoms. The number of nitrogens with two attached hydrogens (primary N) is 1. The average Bonchev–Trinajstić information content (AvgIpc) is 2.74. The van der Waals surface area contributed by atoms with Gasteiger partial charge in [0.15, 0.2) is 11.5 Å². The molecular weight excluding hydrogens is 216 g/mol. The van der Waals surface area contributed by atoms with Crippen molar-refractivity contribution in [1.82, 2.24) is 19.9 Å². The summed E-state index contributed by atoms with van der Waals surface area (Å²) in [5, 5.41) is 3.13. The molecule has 84 valence electrons. The van der Waals surface area contributed by atoms with E-state index >= 15 is 0 Å². The maximum absolute atomic E-state index is 5.71. The summed E-state index contributed by atoms with van der Waals surface area (Å²) >= 11 is 0. The number of hydrogen-bond acceptors (Lipinski definition) is 5. The molecule has 0 amide bonds. The first-order valence-electron chi connectivity index (χ1n) is 5.11. The number of aromatic amines is 1. The minimum atomic E-state index is 0.392. The molecule has 3 rings (SSSR count). The molecule has 0 saturated heterocycles. The van der Waals surface area contributed by atoms with Gasteiger partial charge in [0.1, 0.15) is 11.8 Å². The largest absolute Gasteiger partial charge is 0.382 e. The molecule has 0 radical (unpaired) electrons. The van der Waals surface area contributed by atoms with E-state index in [0.29, 0.717) is 22.9 Å². The SMILES string of the molecule is Nc1ncnc2nc(Nc3ccccc3)[nH]c12. The Morgan fingerprint density at radius 2 is 1.94 bits per heavy atom. The fourth-order valence-corrected chi connectivity index (χ4v) is 1.56. The van der Waals surface area contributed by atoms with Crippen molar-refractivity contribution < 1.29 is 0 Å². The molecule has 0 spiro atoms. The monoisotopic (exact) mass is 226 g/mol. The highest BCUT2D eigenvalue weighted by Crippen LogP contribution is 2.18. The molecule has 2 aromatic heterocycles. The summed E-state index contributed by atoms with van der Waals surface area (Å²) in [5.74, 6) is 0.988. The molecule has 0 atom stereocenters. The van der Waals surface area contributed by atoms with E-state index in [1.54, 1.807) is 0 Å². The van der Waals surface area contributed by atoms with Gasteiger partial charge in [-0.05, 0) is 12.1 Å². The topological polar surface area (TPSA) is 92.5 Å². The van der Waals surface area contributed by atoms with Gasteiger partial charge in [-0.2, -0.15) is 4.98 Å². The highest BCUT2D eigenvalue weighted by molar-refractivity contribution is 5.83. The van der Waals surface area contributed by atoms with Crippen molar-refractivity contribution in [3.63, 3.8) is 0 Å². The van der Waals surface area contributed by atoms with Gasteiger partial charge in [-0.25, -0.2) is 9.97 Å². The Kier molecular flexibility index (Phi) is 2.11. The lowest BCUT2D eigenvalue weighted by Gasteiger charge is -2.00. The summed E-state index contributed by atoms with van der Waals surface area (Å²) in [6, 6.07) is 9.73. The van der Waals surface area contributed by atoms with Gasteiger partial charge < -0.3 is 16.0 Å². The van der Waals surface area contributed by atoms with Crippen LogP contribution in [0.4, 0.5) is 17.5 Å². The lowest BCUT2D eigenvalue weighted by atomic mass is 10.3. The zero-order valence-electron chi connectivity index (χ0n) is 8.88. The van der Waals surface area contributed by atoms with E-state index < -0.39 is 0 Å². The summed E-state index contributed by atoms with van der Waals surface area (Å²) in [7, 11) is 0. The Morgan fingerprint density at radius 3 is 2.71 bits per heavy atom. The Hall–Kier alpha value is -2.63. The quantitative estimate of drug-likeness (QED) is 0.618. The number of aromatic nitrogens is 4. The van der Waals surface area contributed by atoms with Crippen molar-refractivity contribution in [2.45, 2.75) is 0 Å². The van der Waals surface area contributed by atoms with Gasteiger partial charge in [0, 0.05) is 5.69 Å². The standard InChI is InChI=1S/C11H10N6/c12-9-8-10(14-6-13-9)17-11(16-8)15-7-4-2-1-3-5-7/h1-6H,(H4,12,13,14,15,16,17). The summed E-state index contributed by atoms with van der Waals surface area (Å²) in [6.07, 6.45) is 1.39. The molecule has 2 heterocycles. The Morgan fingerprint density at radius 1 is 1.12 bits per heavy atom. The minimum Gasteiger partial charge on any atom is -0.382 e. The molecule has 6 nitrogen and oxygen atoms in total. The highest BCUT2D eigenvalue weighted by Gasteiger charge is 2.06. The molecule has 0 fully saturated rings.